The number of halogens is 1. The molecule has 6 nitrogen and oxygen atoms in total. The van der Waals surface area contributed by atoms with Crippen LogP contribution < -0.4 is 10.2 Å². The average Bonchev–Trinajstić information content (AvgIpc) is 3.07. The average molecular weight is 629 g/mol. The van der Waals surface area contributed by atoms with Gasteiger partial charge in [0.1, 0.15) is 11.6 Å². The van der Waals surface area contributed by atoms with E-state index in [1.165, 1.54) is 37.7 Å². The van der Waals surface area contributed by atoms with Crippen molar-refractivity contribution in [2.24, 2.45) is 5.92 Å². The Kier molecular flexibility index (Phi) is 11.2. The number of unbranched alkanes of at least 4 members (excludes halogenated alkanes) is 1. The zero-order chi connectivity index (χ0) is 30.4. The molecule has 1 N–H and O–H groups in total. The summed E-state index contributed by atoms with van der Waals surface area (Å²) in [5.74, 6) is 0.801. The van der Waals surface area contributed by atoms with Crippen molar-refractivity contribution in [2.45, 2.75) is 89.3 Å². The Balaban J connectivity index is 0.00000400. The van der Waals surface area contributed by atoms with E-state index in [2.05, 4.69) is 94.8 Å². The fourth-order valence-electron chi connectivity index (χ4n) is 7.62. The van der Waals surface area contributed by atoms with Crippen LogP contribution in [0.15, 0.2) is 84.9 Å². The number of hydrogen-bond donors (Lipinski definition) is 1. The van der Waals surface area contributed by atoms with E-state index in [0.29, 0.717) is 25.3 Å². The van der Waals surface area contributed by atoms with Gasteiger partial charge in [0.15, 0.2) is 0 Å². The van der Waals surface area contributed by atoms with Crippen LogP contribution in [0, 0.1) is 5.92 Å². The second-order valence-corrected chi connectivity index (χ2v) is 13.1. The Morgan fingerprint density at radius 3 is 1.96 bits per heavy atom. The number of piperazine rings is 1. The number of rotatable bonds is 10. The molecule has 6 rings (SSSR count). The number of nitrogens with zero attached hydrogens (tertiary/aromatic N) is 3. The molecular formula is C38H49ClN4O2. The zero-order valence-electron chi connectivity index (χ0n) is 26.7. The van der Waals surface area contributed by atoms with Crippen molar-refractivity contribution in [2.75, 3.05) is 24.5 Å². The van der Waals surface area contributed by atoms with Gasteiger partial charge in [-0.3, -0.25) is 14.5 Å². The highest BCUT2D eigenvalue weighted by Gasteiger charge is 2.53. The summed E-state index contributed by atoms with van der Waals surface area (Å²) in [6.45, 7) is 5.29. The van der Waals surface area contributed by atoms with Gasteiger partial charge in [0.25, 0.3) is 0 Å². The van der Waals surface area contributed by atoms with E-state index in [1.54, 1.807) is 0 Å². The number of amides is 2. The van der Waals surface area contributed by atoms with Crippen molar-refractivity contribution in [3.05, 3.63) is 90.5 Å². The molecule has 3 aromatic rings. The topological polar surface area (TPSA) is 55.9 Å². The fraction of sp³-hybridized carbons (Fsp3) is 0.474. The molecule has 1 saturated carbocycles. The second-order valence-electron chi connectivity index (χ2n) is 13.1. The number of likely N-dealkylation sites (tertiary alicyclic amines) is 1. The first-order valence-electron chi connectivity index (χ1n) is 16.9. The minimum absolute atomic E-state index is 0. The van der Waals surface area contributed by atoms with Gasteiger partial charge in [-0.1, -0.05) is 94.0 Å². The SMILES string of the molecule is CCCCN1C(=O)C(CC2CCCCC2)NC(=O)C12CCN(Cc1ccc(N(c3ccccc3)c3ccccc3)cc1)CC2.Cl. The highest BCUT2D eigenvalue weighted by Crippen LogP contribution is 2.37. The van der Waals surface area contributed by atoms with Crippen LogP contribution in [0.2, 0.25) is 0 Å². The first kappa shape index (κ1) is 33.0. The Morgan fingerprint density at radius 2 is 1.38 bits per heavy atom. The molecule has 1 unspecified atom stereocenters. The third-order valence-corrected chi connectivity index (χ3v) is 10.2. The van der Waals surface area contributed by atoms with Crippen LogP contribution in [-0.2, 0) is 16.1 Å². The maximum Gasteiger partial charge on any atom is 0.246 e. The largest absolute Gasteiger partial charge is 0.342 e. The monoisotopic (exact) mass is 628 g/mol. The molecule has 7 heteroatoms. The molecule has 2 saturated heterocycles. The predicted molar refractivity (Wildman–Crippen MR) is 185 cm³/mol. The van der Waals surface area contributed by atoms with Gasteiger partial charge >= 0.3 is 0 Å². The minimum atomic E-state index is -0.707. The van der Waals surface area contributed by atoms with Gasteiger partial charge in [-0.15, -0.1) is 12.4 Å². The molecule has 0 aromatic heterocycles. The molecule has 0 bridgehead atoms. The van der Waals surface area contributed by atoms with E-state index >= 15 is 0 Å². The van der Waals surface area contributed by atoms with Gasteiger partial charge in [-0.2, -0.15) is 0 Å². The maximum atomic E-state index is 13.9. The van der Waals surface area contributed by atoms with Crippen LogP contribution in [0.25, 0.3) is 0 Å². The van der Waals surface area contributed by atoms with Crippen LogP contribution in [0.5, 0.6) is 0 Å². The summed E-state index contributed by atoms with van der Waals surface area (Å²) in [6.07, 6.45) is 10.3. The smallest absolute Gasteiger partial charge is 0.246 e. The lowest BCUT2D eigenvalue weighted by Crippen LogP contribution is -2.73. The lowest BCUT2D eigenvalue weighted by Gasteiger charge is -2.52. The van der Waals surface area contributed by atoms with Gasteiger partial charge in [-0.25, -0.2) is 0 Å². The number of anilines is 3. The van der Waals surface area contributed by atoms with Gasteiger partial charge in [0.05, 0.1) is 0 Å². The standard InChI is InChI=1S/C38H48N4O2.ClH/c1-2-3-25-41-36(43)35(28-30-13-7-4-8-14-30)39-37(44)38(41)23-26-40(27-24-38)29-31-19-21-34(22-20-31)42(32-15-9-5-10-16-32)33-17-11-6-12-18-33;/h5-6,9-12,15-22,30,35H,2-4,7-8,13-14,23-29H2,1H3,(H,39,44);1H. The van der Waals surface area contributed by atoms with E-state index in [1.807, 2.05) is 17.0 Å². The van der Waals surface area contributed by atoms with Crippen LogP contribution in [0.1, 0.15) is 76.7 Å². The van der Waals surface area contributed by atoms with E-state index in [0.717, 1.165) is 56.0 Å². The fourth-order valence-corrected chi connectivity index (χ4v) is 7.62. The van der Waals surface area contributed by atoms with Crippen LogP contribution in [0.3, 0.4) is 0 Å². The molecule has 2 heterocycles. The summed E-state index contributed by atoms with van der Waals surface area (Å²) in [5, 5.41) is 3.24. The number of nitrogens with one attached hydrogen (secondary N) is 1. The zero-order valence-corrected chi connectivity index (χ0v) is 27.5. The highest BCUT2D eigenvalue weighted by molar-refractivity contribution is 6.00. The lowest BCUT2D eigenvalue weighted by atomic mass is 9.79. The molecule has 1 aliphatic carbocycles. The van der Waals surface area contributed by atoms with Crippen molar-refractivity contribution in [3.63, 3.8) is 0 Å². The molecule has 2 aliphatic heterocycles. The summed E-state index contributed by atoms with van der Waals surface area (Å²) < 4.78 is 0. The molecule has 1 atom stereocenters. The molecule has 45 heavy (non-hydrogen) atoms. The predicted octanol–water partition coefficient (Wildman–Crippen LogP) is 8.01. The number of para-hydroxylation sites is 2. The second kappa shape index (κ2) is 15.3. The van der Waals surface area contributed by atoms with E-state index in [-0.39, 0.29) is 30.3 Å². The van der Waals surface area contributed by atoms with E-state index in [9.17, 15) is 9.59 Å². The van der Waals surface area contributed by atoms with Crippen LogP contribution in [0.4, 0.5) is 17.1 Å². The van der Waals surface area contributed by atoms with Crippen molar-refractivity contribution >= 4 is 41.3 Å². The normalized spacial score (nSPS) is 20.5. The molecule has 3 fully saturated rings. The molecule has 240 valence electrons. The number of carbonyl (C=O) groups is 2. The number of carbonyl (C=O) groups excluding carboxylic acids is 2. The van der Waals surface area contributed by atoms with Gasteiger partial charge in [0, 0.05) is 43.2 Å². The summed E-state index contributed by atoms with van der Waals surface area (Å²) in [6, 6.07) is 29.4. The number of benzene rings is 3. The molecule has 3 aromatic carbocycles. The quantitative estimate of drug-likeness (QED) is 0.247. The minimum Gasteiger partial charge on any atom is -0.342 e. The van der Waals surface area contributed by atoms with E-state index < -0.39 is 5.54 Å². The summed E-state index contributed by atoms with van der Waals surface area (Å²) in [4.78, 5) is 34.4. The molecule has 3 aliphatic rings. The van der Waals surface area contributed by atoms with E-state index in [4.69, 9.17) is 0 Å². The maximum absolute atomic E-state index is 13.9. The summed E-state index contributed by atoms with van der Waals surface area (Å²) >= 11 is 0. The van der Waals surface area contributed by atoms with Crippen LogP contribution in [-0.4, -0.2) is 52.8 Å². The molecular weight excluding hydrogens is 580 g/mol. The third-order valence-electron chi connectivity index (χ3n) is 10.2. The van der Waals surface area contributed by atoms with Crippen molar-refractivity contribution in [1.29, 1.82) is 0 Å². The van der Waals surface area contributed by atoms with Gasteiger partial charge in [0.2, 0.25) is 11.8 Å². The Labute approximate surface area is 275 Å². The Morgan fingerprint density at radius 1 is 0.800 bits per heavy atom. The summed E-state index contributed by atoms with van der Waals surface area (Å²) in [5.41, 5.74) is 3.92. The third kappa shape index (κ3) is 7.39. The molecule has 1 spiro atoms. The summed E-state index contributed by atoms with van der Waals surface area (Å²) in [7, 11) is 0. The first-order chi connectivity index (χ1) is 21.6. The van der Waals surface area contributed by atoms with Crippen LogP contribution >= 0.6 is 12.4 Å². The van der Waals surface area contributed by atoms with Crippen molar-refractivity contribution in [1.82, 2.24) is 15.1 Å². The van der Waals surface area contributed by atoms with Crippen molar-refractivity contribution < 1.29 is 9.59 Å². The Bertz CT molecular complexity index is 1330. The number of piperidine rings is 1. The molecule has 0 radical (unpaired) electrons. The number of hydrogen-bond acceptors (Lipinski definition) is 4. The highest BCUT2D eigenvalue weighted by atomic mass is 35.5. The first-order valence-corrected chi connectivity index (χ1v) is 16.9. The lowest BCUT2D eigenvalue weighted by molar-refractivity contribution is -0.162. The van der Waals surface area contributed by atoms with Gasteiger partial charge in [-0.05, 0) is 73.6 Å². The Hall–Kier alpha value is -3.35. The molecule has 2 amide bonds. The van der Waals surface area contributed by atoms with Gasteiger partial charge < -0.3 is 15.1 Å². The van der Waals surface area contributed by atoms with Crippen molar-refractivity contribution in [3.8, 4) is 0 Å².